The molecule has 1 N–H and O–H groups in total. The van der Waals surface area contributed by atoms with Gasteiger partial charge in [0.2, 0.25) is 0 Å². The number of thiophene rings is 1. The van der Waals surface area contributed by atoms with E-state index in [0.717, 1.165) is 21.6 Å². The Morgan fingerprint density at radius 3 is 2.61 bits per heavy atom. The molecule has 0 atom stereocenters. The maximum absolute atomic E-state index is 13.5. The van der Waals surface area contributed by atoms with Gasteiger partial charge in [-0.1, -0.05) is 23.8 Å². The highest BCUT2D eigenvalue weighted by Crippen LogP contribution is 2.31. The highest BCUT2D eigenvalue weighted by Gasteiger charge is 2.23. The van der Waals surface area contributed by atoms with Crippen molar-refractivity contribution in [2.45, 2.75) is 13.8 Å². The Kier molecular flexibility index (Phi) is 6.23. The van der Waals surface area contributed by atoms with E-state index in [2.05, 4.69) is 10.4 Å². The topological polar surface area (TPSA) is 99.5 Å². The number of anilines is 1. The van der Waals surface area contributed by atoms with Crippen molar-refractivity contribution >= 4 is 39.0 Å². The molecular weight excluding hydrogens is 442 g/mol. The lowest BCUT2D eigenvalue weighted by atomic mass is 10.1. The Morgan fingerprint density at radius 1 is 1.15 bits per heavy atom. The van der Waals surface area contributed by atoms with Crippen LogP contribution in [0.15, 0.2) is 58.7 Å². The number of aromatic nitrogens is 2. The highest BCUT2D eigenvalue weighted by atomic mass is 32.1. The van der Waals surface area contributed by atoms with E-state index >= 15 is 0 Å². The molecule has 0 unspecified atom stereocenters. The van der Waals surface area contributed by atoms with Crippen molar-refractivity contribution in [2.24, 2.45) is 0 Å². The number of esters is 1. The van der Waals surface area contributed by atoms with Crippen molar-refractivity contribution in [3.8, 4) is 11.4 Å². The normalized spacial score (nSPS) is 10.8. The first-order valence-electron chi connectivity index (χ1n) is 10.2. The lowest BCUT2D eigenvalue weighted by Crippen LogP contribution is -2.25. The van der Waals surface area contributed by atoms with Crippen LogP contribution in [0.25, 0.3) is 16.5 Å². The van der Waals surface area contributed by atoms with Crippen LogP contribution in [0.3, 0.4) is 0 Å². The summed E-state index contributed by atoms with van der Waals surface area (Å²) in [7, 11) is 1.51. The highest BCUT2D eigenvalue weighted by molar-refractivity contribution is 7.16. The maximum atomic E-state index is 13.5. The van der Waals surface area contributed by atoms with Crippen molar-refractivity contribution in [1.82, 2.24) is 9.78 Å². The van der Waals surface area contributed by atoms with Crippen LogP contribution in [0.5, 0.6) is 5.75 Å². The van der Waals surface area contributed by atoms with Gasteiger partial charge in [0.25, 0.3) is 11.5 Å². The molecule has 0 aliphatic carbocycles. The molecule has 0 bridgehead atoms. The molecule has 0 saturated heterocycles. The minimum absolute atomic E-state index is 0.0126. The fourth-order valence-electron chi connectivity index (χ4n) is 3.29. The summed E-state index contributed by atoms with van der Waals surface area (Å²) < 4.78 is 11.5. The molecule has 33 heavy (non-hydrogen) atoms. The second-order valence-corrected chi connectivity index (χ2v) is 8.04. The predicted molar refractivity (Wildman–Crippen MR) is 127 cm³/mol. The van der Waals surface area contributed by atoms with Crippen LogP contribution < -0.4 is 15.6 Å². The first-order chi connectivity index (χ1) is 15.9. The summed E-state index contributed by atoms with van der Waals surface area (Å²) in [6.45, 7) is 3.77. The number of rotatable bonds is 6. The monoisotopic (exact) mass is 463 g/mol. The second kappa shape index (κ2) is 9.25. The van der Waals surface area contributed by atoms with Gasteiger partial charge in [0.15, 0.2) is 5.69 Å². The lowest BCUT2D eigenvalue weighted by Gasteiger charge is -2.11. The molecule has 4 rings (SSSR count). The first-order valence-corrected chi connectivity index (χ1v) is 11.0. The van der Waals surface area contributed by atoms with Gasteiger partial charge in [0.05, 0.1) is 24.8 Å². The Bertz CT molecular complexity index is 1410. The Morgan fingerprint density at radius 2 is 1.91 bits per heavy atom. The molecule has 0 aliphatic heterocycles. The molecule has 168 valence electrons. The molecule has 0 spiro atoms. The third kappa shape index (κ3) is 4.35. The smallest absolute Gasteiger partial charge is 0.359 e. The van der Waals surface area contributed by atoms with E-state index in [1.807, 2.05) is 19.1 Å². The number of hydrogen-bond acceptors (Lipinski definition) is 7. The van der Waals surface area contributed by atoms with Gasteiger partial charge in [-0.15, -0.1) is 11.3 Å². The maximum Gasteiger partial charge on any atom is 0.359 e. The minimum Gasteiger partial charge on any atom is -0.497 e. The summed E-state index contributed by atoms with van der Waals surface area (Å²) >= 11 is 1.15. The van der Waals surface area contributed by atoms with Crippen molar-refractivity contribution in [3.05, 3.63) is 81.1 Å². The summed E-state index contributed by atoms with van der Waals surface area (Å²) in [6.07, 6.45) is 0. The molecule has 0 saturated carbocycles. The van der Waals surface area contributed by atoms with Gasteiger partial charge in [-0.05, 0) is 38.1 Å². The molecule has 8 nitrogen and oxygen atoms in total. The van der Waals surface area contributed by atoms with E-state index in [4.69, 9.17) is 9.47 Å². The number of nitrogens with one attached hydrogen (secondary N) is 1. The van der Waals surface area contributed by atoms with E-state index in [1.54, 1.807) is 48.7 Å². The number of ether oxygens (including phenoxy) is 2. The summed E-state index contributed by atoms with van der Waals surface area (Å²) in [5, 5.41) is 9.54. The Labute approximate surface area is 193 Å². The Balaban J connectivity index is 1.88. The van der Waals surface area contributed by atoms with Crippen molar-refractivity contribution in [2.75, 3.05) is 19.0 Å². The summed E-state index contributed by atoms with van der Waals surface area (Å²) in [5.74, 6) is -0.494. The number of carbonyl (C=O) groups is 2. The predicted octanol–water partition coefficient (Wildman–Crippen LogP) is 4.19. The summed E-state index contributed by atoms with van der Waals surface area (Å²) in [5.41, 5.74) is 1.40. The van der Waals surface area contributed by atoms with Gasteiger partial charge < -0.3 is 14.8 Å². The van der Waals surface area contributed by atoms with Gasteiger partial charge in [0, 0.05) is 22.4 Å². The zero-order valence-corrected chi connectivity index (χ0v) is 19.1. The van der Waals surface area contributed by atoms with Crippen LogP contribution in [-0.4, -0.2) is 35.4 Å². The molecule has 0 fully saturated rings. The zero-order chi connectivity index (χ0) is 23.5. The third-order valence-electron chi connectivity index (χ3n) is 4.96. The van der Waals surface area contributed by atoms with Crippen LogP contribution >= 0.6 is 11.3 Å². The standard InChI is InChI=1S/C24H21N3O5S/c1-4-32-24(30)20-18-13-33-22(25-21(28)15-10-8-14(2)9-11-15)19(18)23(29)27(26-20)16-6-5-7-17(12-16)31-3/h5-13H,4H2,1-3H3,(H,25,28). The van der Waals surface area contributed by atoms with E-state index in [0.29, 0.717) is 27.4 Å². The van der Waals surface area contributed by atoms with Crippen LogP contribution in [0.1, 0.15) is 33.3 Å². The molecule has 9 heteroatoms. The van der Waals surface area contributed by atoms with Crippen molar-refractivity contribution < 1.29 is 19.1 Å². The number of carbonyl (C=O) groups excluding carboxylic acids is 2. The van der Waals surface area contributed by atoms with Crippen LogP contribution in [0.2, 0.25) is 0 Å². The van der Waals surface area contributed by atoms with Gasteiger partial charge >= 0.3 is 5.97 Å². The summed E-state index contributed by atoms with van der Waals surface area (Å²) in [6, 6.07) is 13.8. The lowest BCUT2D eigenvalue weighted by molar-refractivity contribution is 0.0520. The quantitative estimate of drug-likeness (QED) is 0.431. The van der Waals surface area contributed by atoms with E-state index in [-0.39, 0.29) is 23.6 Å². The number of methoxy groups -OCH3 is 1. The molecule has 0 aliphatic rings. The second-order valence-electron chi connectivity index (χ2n) is 7.16. The number of fused-ring (bicyclic) bond motifs is 1. The average molecular weight is 464 g/mol. The fraction of sp³-hybridized carbons (Fsp3) is 0.167. The number of benzene rings is 2. The van der Waals surface area contributed by atoms with Crippen LogP contribution in [-0.2, 0) is 4.74 Å². The first kappa shape index (κ1) is 22.2. The van der Waals surface area contributed by atoms with Crippen molar-refractivity contribution in [3.63, 3.8) is 0 Å². The van der Waals surface area contributed by atoms with Crippen molar-refractivity contribution in [1.29, 1.82) is 0 Å². The molecule has 2 heterocycles. The largest absolute Gasteiger partial charge is 0.497 e. The van der Waals surface area contributed by atoms with E-state index in [1.165, 1.54) is 7.11 Å². The fourth-order valence-corrected chi connectivity index (χ4v) is 4.22. The SMILES string of the molecule is CCOC(=O)c1nn(-c2cccc(OC)c2)c(=O)c2c(NC(=O)c3ccc(C)cc3)scc12. The molecule has 4 aromatic rings. The minimum atomic E-state index is -0.659. The third-order valence-corrected chi connectivity index (χ3v) is 5.86. The molecule has 1 amide bonds. The molecule has 2 aromatic heterocycles. The number of hydrogen-bond donors (Lipinski definition) is 1. The van der Waals surface area contributed by atoms with Gasteiger partial charge in [-0.3, -0.25) is 9.59 Å². The number of nitrogens with zero attached hydrogens (tertiary/aromatic N) is 2. The van der Waals surface area contributed by atoms with E-state index in [9.17, 15) is 14.4 Å². The van der Waals surface area contributed by atoms with Gasteiger partial charge in [-0.25, -0.2) is 4.79 Å². The van der Waals surface area contributed by atoms with Gasteiger partial charge in [-0.2, -0.15) is 9.78 Å². The van der Waals surface area contributed by atoms with Crippen LogP contribution in [0, 0.1) is 6.92 Å². The number of aryl methyl sites for hydroxylation is 1. The molecule has 2 aromatic carbocycles. The average Bonchev–Trinajstić information content (AvgIpc) is 3.24. The molecular formula is C24H21N3O5S. The van der Waals surface area contributed by atoms with Crippen LogP contribution in [0.4, 0.5) is 5.00 Å². The number of amides is 1. The summed E-state index contributed by atoms with van der Waals surface area (Å²) in [4.78, 5) is 38.9. The Hall–Kier alpha value is -3.98. The van der Waals surface area contributed by atoms with E-state index < -0.39 is 11.5 Å². The molecule has 0 radical (unpaired) electrons. The van der Waals surface area contributed by atoms with Gasteiger partial charge in [0.1, 0.15) is 10.8 Å². The zero-order valence-electron chi connectivity index (χ0n) is 18.2.